The number of halogens is 1. The highest BCUT2D eigenvalue weighted by Crippen LogP contribution is 2.27. The van der Waals surface area contributed by atoms with Crippen LogP contribution in [-0.2, 0) is 0 Å². The average Bonchev–Trinajstić information content (AvgIpc) is 3.01. The molecule has 6 heteroatoms. The number of nitrogens with one attached hydrogen (secondary N) is 1. The quantitative estimate of drug-likeness (QED) is 0.689. The Morgan fingerprint density at radius 3 is 2.56 bits per heavy atom. The van der Waals surface area contributed by atoms with Gasteiger partial charge in [0.2, 0.25) is 0 Å². The van der Waals surface area contributed by atoms with Crippen LogP contribution in [0, 0.1) is 5.82 Å². The predicted molar refractivity (Wildman–Crippen MR) is 108 cm³/mol. The van der Waals surface area contributed by atoms with Gasteiger partial charge < -0.3 is 19.9 Å². The Morgan fingerprint density at radius 1 is 1.11 bits per heavy atom. The van der Waals surface area contributed by atoms with Gasteiger partial charge >= 0.3 is 0 Å². The number of aromatic amines is 1. The summed E-state index contributed by atoms with van der Waals surface area (Å²) in [7, 11) is 0. The molecular formula is C21H23FN4O. The summed E-state index contributed by atoms with van der Waals surface area (Å²) in [5.74, 6) is -0.353. The van der Waals surface area contributed by atoms with Crippen molar-refractivity contribution in [2.24, 2.45) is 4.99 Å². The lowest BCUT2D eigenvalue weighted by atomic mass is 10.2. The van der Waals surface area contributed by atoms with Gasteiger partial charge in [-0.1, -0.05) is 6.92 Å². The van der Waals surface area contributed by atoms with E-state index in [1.165, 1.54) is 17.8 Å². The van der Waals surface area contributed by atoms with Crippen molar-refractivity contribution in [1.29, 1.82) is 0 Å². The van der Waals surface area contributed by atoms with Crippen LogP contribution in [-0.4, -0.2) is 53.9 Å². The molecule has 0 aliphatic carbocycles. The van der Waals surface area contributed by atoms with Gasteiger partial charge in [0.25, 0.3) is 0 Å². The topological polar surface area (TPSA) is 54.9 Å². The third kappa shape index (κ3) is 3.66. The summed E-state index contributed by atoms with van der Waals surface area (Å²) in [6.07, 6.45) is 1.57. The fraction of sp³-hybridized carbons (Fsp3) is 0.286. The molecule has 1 fully saturated rings. The van der Waals surface area contributed by atoms with E-state index in [1.807, 2.05) is 12.1 Å². The van der Waals surface area contributed by atoms with E-state index in [1.54, 1.807) is 12.3 Å². The van der Waals surface area contributed by atoms with Gasteiger partial charge in [-0.3, -0.25) is 4.99 Å². The number of aromatic nitrogens is 1. The summed E-state index contributed by atoms with van der Waals surface area (Å²) in [4.78, 5) is 12.1. The maximum Gasteiger partial charge on any atom is 0.198 e. The summed E-state index contributed by atoms with van der Waals surface area (Å²) in [5.41, 5.74) is 3.15. The van der Waals surface area contributed by atoms with Crippen molar-refractivity contribution in [3.63, 3.8) is 0 Å². The van der Waals surface area contributed by atoms with Crippen LogP contribution in [0.15, 0.2) is 47.5 Å². The molecular weight excluding hydrogens is 343 g/mol. The Kier molecular flexibility index (Phi) is 4.81. The molecule has 1 aromatic heterocycles. The van der Waals surface area contributed by atoms with E-state index in [9.17, 15) is 9.50 Å². The van der Waals surface area contributed by atoms with E-state index < -0.39 is 0 Å². The van der Waals surface area contributed by atoms with Gasteiger partial charge in [-0.05, 0) is 49.0 Å². The second-order valence-corrected chi connectivity index (χ2v) is 6.77. The summed E-state index contributed by atoms with van der Waals surface area (Å²) in [5, 5.41) is 10.7. The number of aromatic hydroxyl groups is 1. The first kappa shape index (κ1) is 17.5. The number of hydrogen-bond acceptors (Lipinski definition) is 4. The highest BCUT2D eigenvalue weighted by Gasteiger charge is 2.15. The Bertz CT molecular complexity index is 956. The Hall–Kier alpha value is -2.86. The van der Waals surface area contributed by atoms with Crippen LogP contribution >= 0.6 is 0 Å². The molecule has 0 spiro atoms. The zero-order valence-corrected chi connectivity index (χ0v) is 15.3. The standard InChI is InChI=1S/C21H23FN4O/c1-2-25-9-11-26(12-10-25)17-6-4-16(5-7-17)23-14-19-18-13-15(22)3-8-20(18)24-21(19)27/h3-8,13-14,24,27H,2,9-12H2,1H3. The highest BCUT2D eigenvalue weighted by molar-refractivity contribution is 6.02. The second-order valence-electron chi connectivity index (χ2n) is 6.77. The number of nitrogens with zero attached hydrogens (tertiary/aromatic N) is 3. The van der Waals surface area contributed by atoms with Crippen molar-refractivity contribution in [2.45, 2.75) is 6.92 Å². The Labute approximate surface area is 157 Å². The lowest BCUT2D eigenvalue weighted by Crippen LogP contribution is -2.46. The van der Waals surface area contributed by atoms with Gasteiger partial charge in [-0.2, -0.15) is 0 Å². The molecule has 2 heterocycles. The minimum absolute atomic E-state index is 0.00948. The van der Waals surface area contributed by atoms with Gasteiger partial charge in [0.15, 0.2) is 5.88 Å². The van der Waals surface area contributed by atoms with E-state index in [0.717, 1.165) is 38.4 Å². The van der Waals surface area contributed by atoms with Crippen molar-refractivity contribution in [2.75, 3.05) is 37.6 Å². The zero-order chi connectivity index (χ0) is 18.8. The molecule has 2 aromatic carbocycles. The third-order valence-electron chi connectivity index (χ3n) is 5.16. The average molecular weight is 366 g/mol. The molecule has 0 unspecified atom stereocenters. The molecule has 0 atom stereocenters. The van der Waals surface area contributed by atoms with Gasteiger partial charge in [-0.25, -0.2) is 4.39 Å². The number of benzene rings is 2. The summed E-state index contributed by atoms with van der Waals surface area (Å²) < 4.78 is 13.5. The lowest BCUT2D eigenvalue weighted by Gasteiger charge is -2.35. The number of hydrogen-bond donors (Lipinski definition) is 2. The first-order valence-electron chi connectivity index (χ1n) is 9.25. The van der Waals surface area contributed by atoms with Gasteiger partial charge in [-0.15, -0.1) is 0 Å². The van der Waals surface area contributed by atoms with Crippen molar-refractivity contribution in [1.82, 2.24) is 9.88 Å². The largest absolute Gasteiger partial charge is 0.494 e. The number of fused-ring (bicyclic) bond motifs is 1. The van der Waals surface area contributed by atoms with E-state index in [2.05, 4.69) is 38.8 Å². The molecule has 0 radical (unpaired) electrons. The van der Waals surface area contributed by atoms with Gasteiger partial charge in [0.1, 0.15) is 5.82 Å². The van der Waals surface area contributed by atoms with Crippen molar-refractivity contribution >= 4 is 28.5 Å². The number of rotatable bonds is 4. The molecule has 3 aromatic rings. The molecule has 140 valence electrons. The van der Waals surface area contributed by atoms with Gasteiger partial charge in [0.05, 0.1) is 11.3 Å². The molecule has 1 aliphatic rings. The predicted octanol–water partition coefficient (Wildman–Crippen LogP) is 3.91. The molecule has 27 heavy (non-hydrogen) atoms. The molecule has 1 saturated heterocycles. The number of H-pyrrole nitrogens is 1. The number of anilines is 1. The monoisotopic (exact) mass is 366 g/mol. The smallest absolute Gasteiger partial charge is 0.198 e. The van der Waals surface area contributed by atoms with E-state index in [4.69, 9.17) is 0 Å². The van der Waals surface area contributed by atoms with Crippen LogP contribution in [0.4, 0.5) is 15.8 Å². The Morgan fingerprint density at radius 2 is 1.85 bits per heavy atom. The van der Waals surface area contributed by atoms with Crippen LogP contribution in [0.2, 0.25) is 0 Å². The normalized spacial score (nSPS) is 15.9. The fourth-order valence-electron chi connectivity index (χ4n) is 3.51. The van der Waals surface area contributed by atoms with Crippen molar-refractivity contribution in [3.05, 3.63) is 53.8 Å². The number of aliphatic imine (C=N–C) groups is 1. The van der Waals surface area contributed by atoms with Crippen LogP contribution in [0.5, 0.6) is 5.88 Å². The van der Waals surface area contributed by atoms with Crippen molar-refractivity contribution in [3.8, 4) is 5.88 Å². The molecule has 1 aliphatic heterocycles. The van der Waals surface area contributed by atoms with Crippen LogP contribution in [0.3, 0.4) is 0 Å². The SMILES string of the molecule is CCN1CCN(c2ccc(N=Cc3c(O)[nH]c4ccc(F)cc34)cc2)CC1. The van der Waals surface area contributed by atoms with Crippen LogP contribution < -0.4 is 4.90 Å². The Balaban J connectivity index is 1.50. The van der Waals surface area contributed by atoms with E-state index >= 15 is 0 Å². The minimum Gasteiger partial charge on any atom is -0.494 e. The highest BCUT2D eigenvalue weighted by atomic mass is 19.1. The molecule has 2 N–H and O–H groups in total. The second kappa shape index (κ2) is 7.40. The molecule has 0 amide bonds. The zero-order valence-electron chi connectivity index (χ0n) is 15.3. The summed E-state index contributed by atoms with van der Waals surface area (Å²) >= 11 is 0. The lowest BCUT2D eigenvalue weighted by molar-refractivity contribution is 0.271. The van der Waals surface area contributed by atoms with Gasteiger partial charge in [0, 0.05) is 49.0 Å². The fourth-order valence-corrected chi connectivity index (χ4v) is 3.51. The number of piperazine rings is 1. The minimum atomic E-state index is -0.344. The molecule has 0 bridgehead atoms. The first-order chi connectivity index (χ1) is 13.1. The summed E-state index contributed by atoms with van der Waals surface area (Å²) in [6.45, 7) is 7.55. The maximum absolute atomic E-state index is 13.5. The van der Waals surface area contributed by atoms with E-state index in [-0.39, 0.29) is 11.7 Å². The third-order valence-corrected chi connectivity index (χ3v) is 5.16. The van der Waals surface area contributed by atoms with Crippen LogP contribution in [0.1, 0.15) is 12.5 Å². The summed E-state index contributed by atoms with van der Waals surface area (Å²) in [6, 6.07) is 12.4. The van der Waals surface area contributed by atoms with Crippen LogP contribution in [0.25, 0.3) is 10.9 Å². The van der Waals surface area contributed by atoms with Crippen molar-refractivity contribution < 1.29 is 9.50 Å². The molecule has 4 rings (SSSR count). The molecule has 5 nitrogen and oxygen atoms in total. The molecule has 0 saturated carbocycles. The first-order valence-corrected chi connectivity index (χ1v) is 9.25. The van der Waals surface area contributed by atoms with E-state index in [0.29, 0.717) is 16.5 Å². The maximum atomic E-state index is 13.5. The number of likely N-dealkylation sites (N-methyl/N-ethyl adjacent to an activating group) is 1.